The molecule has 1 aliphatic carbocycles. The Morgan fingerprint density at radius 3 is 2.74 bits per heavy atom. The predicted molar refractivity (Wildman–Crippen MR) is 84.4 cm³/mol. The molecule has 1 saturated carbocycles. The minimum atomic E-state index is 0.704. The van der Waals surface area contributed by atoms with E-state index in [1.807, 2.05) is 0 Å². The van der Waals surface area contributed by atoms with Crippen molar-refractivity contribution in [2.24, 2.45) is 5.92 Å². The van der Waals surface area contributed by atoms with E-state index in [0.717, 1.165) is 5.92 Å². The number of benzene rings is 1. The summed E-state index contributed by atoms with van der Waals surface area (Å²) in [6.45, 7) is 4.68. The van der Waals surface area contributed by atoms with Crippen LogP contribution in [0.2, 0.25) is 0 Å². The van der Waals surface area contributed by atoms with Crippen LogP contribution in [0.15, 0.2) is 42.0 Å². The highest BCUT2D eigenvalue weighted by atomic mass is 14.3. The topological polar surface area (TPSA) is 0 Å². The number of hydrogen-bond acceptors (Lipinski definition) is 0. The van der Waals surface area contributed by atoms with Gasteiger partial charge in [-0.2, -0.15) is 0 Å². The Bertz CT molecular complexity index is 388. The van der Waals surface area contributed by atoms with E-state index in [2.05, 4.69) is 50.3 Å². The van der Waals surface area contributed by atoms with Gasteiger partial charge in [0.1, 0.15) is 0 Å². The Labute approximate surface area is 118 Å². The molecule has 0 bridgehead atoms. The van der Waals surface area contributed by atoms with Crippen molar-refractivity contribution in [2.75, 3.05) is 0 Å². The number of allylic oxidation sites excluding steroid dienone is 2. The molecule has 1 fully saturated rings. The van der Waals surface area contributed by atoms with Crippen molar-refractivity contribution in [2.45, 2.75) is 64.7 Å². The van der Waals surface area contributed by atoms with Crippen molar-refractivity contribution in [3.63, 3.8) is 0 Å². The van der Waals surface area contributed by atoms with Crippen molar-refractivity contribution >= 4 is 0 Å². The zero-order valence-electron chi connectivity index (χ0n) is 12.6. The SMILES string of the molecule is CCCCCC(C)C=C1CCCC1c1ccccc1. The van der Waals surface area contributed by atoms with E-state index in [1.165, 1.54) is 50.5 Å². The normalized spacial score (nSPS) is 22.8. The van der Waals surface area contributed by atoms with Gasteiger partial charge in [-0.1, -0.05) is 75.1 Å². The second-order valence-corrected chi connectivity index (χ2v) is 6.07. The summed E-state index contributed by atoms with van der Waals surface area (Å²) in [7, 11) is 0. The molecule has 0 amide bonds. The largest absolute Gasteiger partial charge is 0.0819 e. The van der Waals surface area contributed by atoms with Crippen LogP contribution < -0.4 is 0 Å². The van der Waals surface area contributed by atoms with Gasteiger partial charge in [0.25, 0.3) is 0 Å². The van der Waals surface area contributed by atoms with E-state index in [9.17, 15) is 0 Å². The van der Waals surface area contributed by atoms with Gasteiger partial charge in [-0.05, 0) is 37.2 Å². The Balaban J connectivity index is 1.98. The van der Waals surface area contributed by atoms with Crippen molar-refractivity contribution in [3.8, 4) is 0 Å². The summed E-state index contributed by atoms with van der Waals surface area (Å²) in [5.74, 6) is 1.46. The molecule has 0 N–H and O–H groups in total. The van der Waals surface area contributed by atoms with E-state index >= 15 is 0 Å². The summed E-state index contributed by atoms with van der Waals surface area (Å²) in [6, 6.07) is 11.1. The summed E-state index contributed by atoms with van der Waals surface area (Å²) in [5.41, 5.74) is 3.22. The average molecular weight is 256 g/mol. The molecule has 0 aliphatic heterocycles. The van der Waals surface area contributed by atoms with Crippen LogP contribution in [0, 0.1) is 5.92 Å². The molecule has 19 heavy (non-hydrogen) atoms. The van der Waals surface area contributed by atoms with Crippen molar-refractivity contribution < 1.29 is 0 Å². The molecule has 104 valence electrons. The first-order valence-electron chi connectivity index (χ1n) is 8.06. The van der Waals surface area contributed by atoms with Crippen LogP contribution in [0.25, 0.3) is 0 Å². The highest BCUT2D eigenvalue weighted by Crippen LogP contribution is 2.39. The van der Waals surface area contributed by atoms with Crippen LogP contribution in [-0.4, -0.2) is 0 Å². The van der Waals surface area contributed by atoms with Crippen molar-refractivity contribution in [1.82, 2.24) is 0 Å². The Kier molecular flexibility index (Phi) is 5.69. The van der Waals surface area contributed by atoms with Crippen LogP contribution in [0.5, 0.6) is 0 Å². The van der Waals surface area contributed by atoms with Gasteiger partial charge >= 0.3 is 0 Å². The number of hydrogen-bond donors (Lipinski definition) is 0. The van der Waals surface area contributed by atoms with Crippen LogP contribution in [-0.2, 0) is 0 Å². The maximum atomic E-state index is 2.58. The van der Waals surface area contributed by atoms with Crippen molar-refractivity contribution in [3.05, 3.63) is 47.5 Å². The third-order valence-electron chi connectivity index (χ3n) is 4.37. The van der Waals surface area contributed by atoms with Gasteiger partial charge in [-0.25, -0.2) is 0 Å². The lowest BCUT2D eigenvalue weighted by molar-refractivity contribution is 0.571. The molecule has 2 atom stereocenters. The van der Waals surface area contributed by atoms with Gasteiger partial charge in [0, 0.05) is 5.92 Å². The third-order valence-corrected chi connectivity index (χ3v) is 4.37. The van der Waals surface area contributed by atoms with Crippen molar-refractivity contribution in [1.29, 1.82) is 0 Å². The van der Waals surface area contributed by atoms with Gasteiger partial charge < -0.3 is 0 Å². The highest BCUT2D eigenvalue weighted by molar-refractivity contribution is 5.31. The van der Waals surface area contributed by atoms with Gasteiger partial charge in [-0.3, -0.25) is 0 Å². The fourth-order valence-electron chi connectivity index (χ4n) is 3.30. The lowest BCUT2D eigenvalue weighted by Gasteiger charge is -2.15. The second kappa shape index (κ2) is 7.53. The molecule has 2 rings (SSSR count). The zero-order chi connectivity index (χ0) is 13.5. The second-order valence-electron chi connectivity index (χ2n) is 6.07. The average Bonchev–Trinajstić information content (AvgIpc) is 2.88. The van der Waals surface area contributed by atoms with Crippen LogP contribution >= 0.6 is 0 Å². The molecule has 0 spiro atoms. The molecule has 0 heterocycles. The fourth-order valence-corrected chi connectivity index (χ4v) is 3.30. The van der Waals surface area contributed by atoms with Gasteiger partial charge in [0.2, 0.25) is 0 Å². The van der Waals surface area contributed by atoms with E-state index in [1.54, 1.807) is 5.57 Å². The Morgan fingerprint density at radius 1 is 1.21 bits per heavy atom. The Hall–Kier alpha value is -1.04. The summed E-state index contributed by atoms with van der Waals surface area (Å²) < 4.78 is 0. The lowest BCUT2D eigenvalue weighted by Crippen LogP contribution is -1.98. The lowest BCUT2D eigenvalue weighted by atomic mass is 9.90. The highest BCUT2D eigenvalue weighted by Gasteiger charge is 2.22. The number of rotatable bonds is 6. The smallest absolute Gasteiger partial charge is 0.00483 e. The van der Waals surface area contributed by atoms with E-state index in [-0.39, 0.29) is 0 Å². The zero-order valence-corrected chi connectivity index (χ0v) is 12.6. The summed E-state index contributed by atoms with van der Waals surface area (Å²) in [6.07, 6.45) is 12.1. The van der Waals surface area contributed by atoms with Crippen LogP contribution in [0.3, 0.4) is 0 Å². The molecule has 0 radical (unpaired) electrons. The molecule has 1 aromatic rings. The minimum absolute atomic E-state index is 0.704. The molecular formula is C19H28. The summed E-state index contributed by atoms with van der Waals surface area (Å²) in [5, 5.41) is 0. The molecule has 0 heteroatoms. The summed E-state index contributed by atoms with van der Waals surface area (Å²) in [4.78, 5) is 0. The van der Waals surface area contributed by atoms with Gasteiger partial charge in [-0.15, -0.1) is 0 Å². The fraction of sp³-hybridized carbons (Fsp3) is 0.579. The molecular weight excluding hydrogens is 228 g/mol. The summed E-state index contributed by atoms with van der Waals surface area (Å²) >= 11 is 0. The molecule has 0 saturated heterocycles. The first-order valence-corrected chi connectivity index (χ1v) is 8.06. The first kappa shape index (κ1) is 14.4. The predicted octanol–water partition coefficient (Wildman–Crippen LogP) is 6.10. The molecule has 1 aliphatic rings. The molecule has 0 nitrogen and oxygen atoms in total. The molecule has 2 unspecified atom stereocenters. The van der Waals surface area contributed by atoms with Crippen LogP contribution in [0.4, 0.5) is 0 Å². The third kappa shape index (κ3) is 4.23. The minimum Gasteiger partial charge on any atom is -0.0819 e. The first-order chi connectivity index (χ1) is 9.31. The molecule has 0 aromatic heterocycles. The van der Waals surface area contributed by atoms with Gasteiger partial charge in [0.15, 0.2) is 0 Å². The van der Waals surface area contributed by atoms with E-state index < -0.39 is 0 Å². The molecule has 1 aromatic carbocycles. The van der Waals surface area contributed by atoms with E-state index in [4.69, 9.17) is 0 Å². The number of unbranched alkanes of at least 4 members (excludes halogenated alkanes) is 2. The van der Waals surface area contributed by atoms with Gasteiger partial charge in [0.05, 0.1) is 0 Å². The maximum Gasteiger partial charge on any atom is 0.00483 e. The van der Waals surface area contributed by atoms with Crippen LogP contribution in [0.1, 0.15) is 70.3 Å². The van der Waals surface area contributed by atoms with E-state index in [0.29, 0.717) is 5.92 Å². The Morgan fingerprint density at radius 2 is 2.00 bits per heavy atom. The monoisotopic (exact) mass is 256 g/mol. The standard InChI is InChI=1S/C19H28/c1-3-4-6-10-16(2)15-18-13-9-14-19(18)17-11-7-5-8-12-17/h5,7-8,11-12,15-16,19H,3-4,6,9-10,13-14H2,1-2H3. The maximum absolute atomic E-state index is 2.58. The quantitative estimate of drug-likeness (QED) is 0.426.